The van der Waals surface area contributed by atoms with E-state index in [2.05, 4.69) is 0 Å². The van der Waals surface area contributed by atoms with Crippen LogP contribution in [0.2, 0.25) is 0 Å². The van der Waals surface area contributed by atoms with Gasteiger partial charge < -0.3 is 10.3 Å². The van der Waals surface area contributed by atoms with Crippen LogP contribution in [0.1, 0.15) is 5.56 Å². The molecule has 0 bridgehead atoms. The molecule has 0 atom stereocenters. The zero-order chi connectivity index (χ0) is 11.5. The van der Waals surface area contributed by atoms with Crippen molar-refractivity contribution in [2.75, 3.05) is 0 Å². The van der Waals surface area contributed by atoms with Crippen LogP contribution in [0.5, 0.6) is 0 Å². The quantitative estimate of drug-likeness (QED) is 0.629. The molecule has 0 unspecified atom stereocenters. The van der Waals surface area contributed by atoms with Crippen LogP contribution >= 0.6 is 0 Å². The van der Waals surface area contributed by atoms with E-state index in [1.807, 2.05) is 24.3 Å². The van der Waals surface area contributed by atoms with Gasteiger partial charge in [-0.2, -0.15) is 0 Å². The fourth-order valence-electron chi connectivity index (χ4n) is 1.46. The van der Waals surface area contributed by atoms with E-state index in [0.717, 1.165) is 11.3 Å². The molecule has 0 saturated heterocycles. The lowest BCUT2D eigenvalue weighted by Crippen LogP contribution is -1.96. The average molecular weight is 217 g/mol. The minimum absolute atomic E-state index is 0.0860. The minimum atomic E-state index is -0.412. The van der Waals surface area contributed by atoms with Crippen LogP contribution in [0.3, 0.4) is 0 Å². The summed E-state index contributed by atoms with van der Waals surface area (Å²) in [6.07, 6.45) is 3.15. The molecule has 0 amide bonds. The van der Waals surface area contributed by atoms with Crippen LogP contribution in [-0.2, 0) is 6.54 Å². The van der Waals surface area contributed by atoms with E-state index in [0.29, 0.717) is 6.54 Å². The average Bonchev–Trinajstić information content (AvgIpc) is 2.78. The fourth-order valence-corrected chi connectivity index (χ4v) is 1.46. The Hall–Kier alpha value is -2.14. The molecule has 0 aliphatic heterocycles. The van der Waals surface area contributed by atoms with Gasteiger partial charge in [-0.25, -0.2) is 0 Å². The first-order valence-electron chi connectivity index (χ1n) is 4.82. The molecule has 0 aliphatic rings. The van der Waals surface area contributed by atoms with Crippen LogP contribution in [-0.4, -0.2) is 9.49 Å². The maximum atomic E-state index is 10.5. The number of nitrogens with zero attached hydrogens (tertiary/aromatic N) is 2. The van der Waals surface area contributed by atoms with Crippen molar-refractivity contribution in [3.8, 4) is 5.69 Å². The summed E-state index contributed by atoms with van der Waals surface area (Å²) in [6, 6.07) is 9.04. The number of nitro groups is 1. The molecule has 16 heavy (non-hydrogen) atoms. The first-order valence-corrected chi connectivity index (χ1v) is 4.82. The molecular formula is C11H11N3O2. The third kappa shape index (κ3) is 1.94. The van der Waals surface area contributed by atoms with Crippen molar-refractivity contribution >= 4 is 5.69 Å². The summed E-state index contributed by atoms with van der Waals surface area (Å²) in [5.41, 5.74) is 7.49. The Bertz CT molecular complexity index is 502. The molecule has 0 aliphatic carbocycles. The number of benzene rings is 1. The highest BCUT2D eigenvalue weighted by molar-refractivity contribution is 5.39. The number of nitrogens with two attached hydrogens (primary N) is 1. The normalized spacial score (nSPS) is 10.3. The molecule has 2 aromatic rings. The number of rotatable bonds is 3. The number of aromatic nitrogens is 1. The number of hydrogen-bond donors (Lipinski definition) is 1. The molecule has 0 saturated carbocycles. The predicted octanol–water partition coefficient (Wildman–Crippen LogP) is 1.84. The zero-order valence-electron chi connectivity index (χ0n) is 8.54. The molecule has 82 valence electrons. The van der Waals surface area contributed by atoms with E-state index in [1.54, 1.807) is 10.8 Å². The highest BCUT2D eigenvalue weighted by atomic mass is 16.6. The van der Waals surface area contributed by atoms with Crippen LogP contribution in [0.25, 0.3) is 5.69 Å². The van der Waals surface area contributed by atoms with Crippen LogP contribution in [0, 0.1) is 10.1 Å². The third-order valence-corrected chi connectivity index (χ3v) is 2.36. The second kappa shape index (κ2) is 4.16. The Morgan fingerprint density at radius 2 is 1.94 bits per heavy atom. The first-order chi connectivity index (χ1) is 7.70. The van der Waals surface area contributed by atoms with E-state index in [9.17, 15) is 10.1 Å². The molecule has 1 heterocycles. The maximum Gasteiger partial charge on any atom is 0.287 e. The van der Waals surface area contributed by atoms with Crippen molar-refractivity contribution in [3.63, 3.8) is 0 Å². The molecule has 5 nitrogen and oxygen atoms in total. The molecule has 0 spiro atoms. The summed E-state index contributed by atoms with van der Waals surface area (Å²) in [5, 5.41) is 10.5. The van der Waals surface area contributed by atoms with Crippen LogP contribution < -0.4 is 5.73 Å². The monoisotopic (exact) mass is 217 g/mol. The Labute approximate surface area is 92.3 Å². The van der Waals surface area contributed by atoms with Gasteiger partial charge in [-0.3, -0.25) is 10.1 Å². The van der Waals surface area contributed by atoms with E-state index in [1.165, 1.54) is 12.3 Å². The van der Waals surface area contributed by atoms with Gasteiger partial charge in [0.1, 0.15) is 0 Å². The molecule has 1 aromatic carbocycles. The van der Waals surface area contributed by atoms with Gasteiger partial charge in [0.25, 0.3) is 5.69 Å². The fraction of sp³-hybridized carbons (Fsp3) is 0.0909. The summed E-state index contributed by atoms with van der Waals surface area (Å²) in [6.45, 7) is 0.492. The van der Waals surface area contributed by atoms with Gasteiger partial charge in [0.05, 0.1) is 11.1 Å². The van der Waals surface area contributed by atoms with Crippen molar-refractivity contribution in [2.24, 2.45) is 5.73 Å². The largest absolute Gasteiger partial charge is 0.326 e. The molecular weight excluding hydrogens is 206 g/mol. The summed E-state index contributed by atoms with van der Waals surface area (Å²) in [7, 11) is 0. The zero-order valence-corrected chi connectivity index (χ0v) is 8.54. The standard InChI is InChI=1S/C11H11N3O2/c12-7-9-1-3-10(4-2-9)13-6-5-11(8-13)14(15)16/h1-6,8H,7,12H2. The lowest BCUT2D eigenvalue weighted by Gasteiger charge is -2.02. The van der Waals surface area contributed by atoms with Gasteiger partial charge in [0.2, 0.25) is 0 Å². The van der Waals surface area contributed by atoms with Gasteiger partial charge in [-0.1, -0.05) is 12.1 Å². The Morgan fingerprint density at radius 3 is 2.44 bits per heavy atom. The Balaban J connectivity index is 2.31. The van der Waals surface area contributed by atoms with Gasteiger partial charge in [0, 0.05) is 24.5 Å². The molecule has 5 heteroatoms. The van der Waals surface area contributed by atoms with Crippen LogP contribution in [0.4, 0.5) is 5.69 Å². The minimum Gasteiger partial charge on any atom is -0.326 e. The van der Waals surface area contributed by atoms with E-state index in [-0.39, 0.29) is 5.69 Å². The second-order valence-electron chi connectivity index (χ2n) is 3.40. The lowest BCUT2D eigenvalue weighted by molar-refractivity contribution is -0.384. The second-order valence-corrected chi connectivity index (χ2v) is 3.40. The predicted molar refractivity (Wildman–Crippen MR) is 60.3 cm³/mol. The van der Waals surface area contributed by atoms with Gasteiger partial charge in [-0.15, -0.1) is 0 Å². The third-order valence-electron chi connectivity index (χ3n) is 2.36. The molecule has 1 aromatic heterocycles. The highest BCUT2D eigenvalue weighted by Crippen LogP contribution is 2.16. The van der Waals surface area contributed by atoms with Crippen molar-refractivity contribution in [3.05, 3.63) is 58.4 Å². The van der Waals surface area contributed by atoms with Gasteiger partial charge in [0.15, 0.2) is 0 Å². The van der Waals surface area contributed by atoms with Crippen LogP contribution in [0.15, 0.2) is 42.7 Å². The molecule has 2 N–H and O–H groups in total. The summed E-state index contributed by atoms with van der Waals surface area (Å²) < 4.78 is 1.71. The Morgan fingerprint density at radius 1 is 1.25 bits per heavy atom. The first kappa shape index (κ1) is 10.4. The van der Waals surface area contributed by atoms with Crippen molar-refractivity contribution in [2.45, 2.75) is 6.54 Å². The SMILES string of the molecule is NCc1ccc(-n2ccc([N+](=O)[O-])c2)cc1. The Kier molecular flexibility index (Phi) is 2.70. The number of hydrogen-bond acceptors (Lipinski definition) is 3. The highest BCUT2D eigenvalue weighted by Gasteiger charge is 2.07. The van der Waals surface area contributed by atoms with Crippen molar-refractivity contribution in [1.29, 1.82) is 0 Å². The maximum absolute atomic E-state index is 10.5. The van der Waals surface area contributed by atoms with Crippen molar-refractivity contribution < 1.29 is 4.92 Å². The molecule has 0 fully saturated rings. The van der Waals surface area contributed by atoms with Gasteiger partial charge >= 0.3 is 0 Å². The van der Waals surface area contributed by atoms with E-state index >= 15 is 0 Å². The molecule has 0 radical (unpaired) electrons. The summed E-state index contributed by atoms with van der Waals surface area (Å²) in [5.74, 6) is 0. The van der Waals surface area contributed by atoms with Gasteiger partial charge in [-0.05, 0) is 17.7 Å². The smallest absolute Gasteiger partial charge is 0.287 e. The molecule has 2 rings (SSSR count). The summed E-state index contributed by atoms with van der Waals surface area (Å²) in [4.78, 5) is 10.1. The topological polar surface area (TPSA) is 74.1 Å². The lowest BCUT2D eigenvalue weighted by atomic mass is 10.2. The van der Waals surface area contributed by atoms with E-state index in [4.69, 9.17) is 5.73 Å². The van der Waals surface area contributed by atoms with Crippen molar-refractivity contribution in [1.82, 2.24) is 4.57 Å². The van der Waals surface area contributed by atoms with E-state index < -0.39 is 4.92 Å². The summed E-state index contributed by atoms with van der Waals surface area (Å²) >= 11 is 0.